The Bertz CT molecular complexity index is 3050. The Labute approximate surface area is 394 Å². The molecule has 66 heavy (non-hydrogen) atoms. The summed E-state index contributed by atoms with van der Waals surface area (Å²) in [4.78, 5) is 67.2. The number of benzene rings is 1. The van der Waals surface area contributed by atoms with Crippen molar-refractivity contribution in [1.29, 1.82) is 0 Å². The molecule has 21 heteroatoms. The number of halogens is 3. The summed E-state index contributed by atoms with van der Waals surface area (Å²) in [5.74, 6) is 1.06. The maximum Gasteiger partial charge on any atom is 0.264 e. The number of pyridine rings is 3. The average Bonchev–Trinajstić information content (AvgIpc) is 4.03. The normalized spacial score (nSPS) is 17.5. The minimum Gasteiger partial charge on any atom is -0.379 e. The molecule has 1 aromatic carbocycles. The summed E-state index contributed by atoms with van der Waals surface area (Å²) >= 11 is 17.4. The van der Waals surface area contributed by atoms with Crippen molar-refractivity contribution >= 4 is 84.8 Å². The Morgan fingerprint density at radius 2 is 1.09 bits per heavy atom. The molecule has 18 nitrogen and oxygen atoms in total. The minimum atomic E-state index is -0.232. The standard InChI is InChI=1S/C25H32N6O2.C12H13ClN4O2.C8H5Cl2N3O/c1-17(2)30-9-11-31(12-10-30)20-6-4-18(5-7-20)21-14-22-23(25(32)29(3)16-26-22)24(28-21)27-19-8-13-33-15-19;1-17-6-14-8-4-9(13)16-11(10(8)12(17)18)15-7-2-3-19-5-7;1-13-3-11-4-2-5(9)12-7(10)6(4)8(13)14/h4-7,14,16-17,19H,8-13,15H2,1-3H3,(H,27,28);4,6-7H,2-3,5H2,1H3,(H,15,16);2-3H,1H3/t19-;7-;/m11./s1. The Morgan fingerprint density at radius 1 is 0.621 bits per heavy atom. The first kappa shape index (κ1) is 46.8. The van der Waals surface area contributed by atoms with E-state index in [1.807, 2.05) is 6.07 Å². The molecule has 0 saturated carbocycles. The molecule has 6 aromatic heterocycles. The third-order valence-electron chi connectivity index (χ3n) is 11.7. The predicted molar refractivity (Wildman–Crippen MR) is 259 cm³/mol. The predicted octanol–water partition coefficient (Wildman–Crippen LogP) is 5.54. The van der Waals surface area contributed by atoms with E-state index in [1.165, 1.54) is 38.1 Å². The highest BCUT2D eigenvalue weighted by Gasteiger charge is 2.23. The van der Waals surface area contributed by atoms with Crippen LogP contribution in [0.25, 0.3) is 44.0 Å². The van der Waals surface area contributed by atoms with Crippen molar-refractivity contribution in [3.8, 4) is 11.3 Å². The number of piperazine rings is 1. The number of hydrogen-bond donors (Lipinski definition) is 2. The van der Waals surface area contributed by atoms with Gasteiger partial charge in [-0.25, -0.2) is 29.9 Å². The second-order valence-corrected chi connectivity index (χ2v) is 17.8. The van der Waals surface area contributed by atoms with Gasteiger partial charge in [0.15, 0.2) is 0 Å². The lowest BCUT2D eigenvalue weighted by Crippen LogP contribution is -2.48. The van der Waals surface area contributed by atoms with Crippen molar-refractivity contribution in [3.05, 3.63) is 108 Å². The molecule has 7 aromatic rings. The molecule has 0 amide bonds. The molecule has 3 aliphatic heterocycles. The van der Waals surface area contributed by atoms with Gasteiger partial charge >= 0.3 is 0 Å². The molecule has 2 atom stereocenters. The zero-order valence-corrected chi connectivity index (χ0v) is 39.4. The molecule has 0 aliphatic carbocycles. The summed E-state index contributed by atoms with van der Waals surface area (Å²) in [5.41, 5.74) is 4.23. The molecule has 3 saturated heterocycles. The zero-order valence-electron chi connectivity index (χ0n) is 37.2. The van der Waals surface area contributed by atoms with E-state index in [2.05, 4.69) is 83.5 Å². The highest BCUT2D eigenvalue weighted by atomic mass is 35.5. The summed E-state index contributed by atoms with van der Waals surface area (Å²) in [5, 5.41) is 8.55. The lowest BCUT2D eigenvalue weighted by molar-refractivity contribution is 0.195. The van der Waals surface area contributed by atoms with Gasteiger partial charge in [-0.15, -0.1) is 0 Å². The highest BCUT2D eigenvalue weighted by Crippen LogP contribution is 2.29. The molecule has 0 radical (unpaired) electrons. The van der Waals surface area contributed by atoms with Crippen LogP contribution in [-0.2, 0) is 30.6 Å². The van der Waals surface area contributed by atoms with E-state index in [9.17, 15) is 14.4 Å². The zero-order chi connectivity index (χ0) is 46.6. The van der Waals surface area contributed by atoms with Gasteiger partial charge in [-0.1, -0.05) is 46.9 Å². The number of ether oxygens (including phenoxy) is 2. The number of anilines is 3. The monoisotopic (exact) mass is 957 g/mol. The van der Waals surface area contributed by atoms with E-state index in [4.69, 9.17) is 49.3 Å². The summed E-state index contributed by atoms with van der Waals surface area (Å²) < 4.78 is 15.1. The van der Waals surface area contributed by atoms with Gasteiger partial charge in [0.1, 0.15) is 43.3 Å². The van der Waals surface area contributed by atoms with Crippen LogP contribution in [0, 0.1) is 0 Å². The SMILES string of the molecule is CC(C)N1CCN(c2ccc(-c3cc4ncn(C)c(=O)c4c(N[C@@H]4CCOC4)n3)cc2)CC1.Cn1cnc2cc(Cl)nc(Cl)c2c1=O.Cn1cnc2cc(Cl)nc(N[C@@H]3CCOC3)c2c1=O. The number of aromatic nitrogens is 9. The van der Waals surface area contributed by atoms with Gasteiger partial charge in [0.25, 0.3) is 16.7 Å². The van der Waals surface area contributed by atoms with Crippen LogP contribution in [-0.4, -0.2) is 119 Å². The summed E-state index contributed by atoms with van der Waals surface area (Å²) in [7, 11) is 4.97. The van der Waals surface area contributed by atoms with Gasteiger partial charge in [0.05, 0.1) is 66.5 Å². The van der Waals surface area contributed by atoms with Crippen LogP contribution < -0.4 is 32.2 Å². The summed E-state index contributed by atoms with van der Waals surface area (Å²) in [6.07, 6.45) is 6.24. The van der Waals surface area contributed by atoms with Crippen LogP contribution in [0.2, 0.25) is 15.5 Å². The quantitative estimate of drug-likeness (QED) is 0.189. The Kier molecular flexibility index (Phi) is 14.5. The van der Waals surface area contributed by atoms with Crippen LogP contribution in [0.4, 0.5) is 17.3 Å². The van der Waals surface area contributed by atoms with Crippen LogP contribution in [0.3, 0.4) is 0 Å². The number of hydrogen-bond acceptors (Lipinski definition) is 15. The van der Waals surface area contributed by atoms with Gasteiger partial charge < -0.3 is 38.7 Å². The van der Waals surface area contributed by atoms with Crippen molar-refractivity contribution < 1.29 is 9.47 Å². The van der Waals surface area contributed by atoms with Crippen LogP contribution >= 0.6 is 34.8 Å². The highest BCUT2D eigenvalue weighted by molar-refractivity contribution is 6.36. The van der Waals surface area contributed by atoms with Gasteiger partial charge in [0.2, 0.25) is 0 Å². The fourth-order valence-corrected chi connectivity index (χ4v) is 8.63. The molecule has 2 N–H and O–H groups in total. The van der Waals surface area contributed by atoms with Crippen molar-refractivity contribution in [2.24, 2.45) is 21.1 Å². The first-order valence-corrected chi connectivity index (χ1v) is 22.7. The maximum atomic E-state index is 12.9. The molecule has 3 aliphatic rings. The van der Waals surface area contributed by atoms with Crippen LogP contribution in [0.15, 0.2) is 75.8 Å². The van der Waals surface area contributed by atoms with Gasteiger partial charge in [0, 0.05) is 90.0 Å². The van der Waals surface area contributed by atoms with E-state index < -0.39 is 0 Å². The molecule has 10 rings (SSSR count). The number of aryl methyl sites for hydroxylation is 3. The summed E-state index contributed by atoms with van der Waals surface area (Å²) in [6.45, 7) is 11.4. The third-order valence-corrected chi connectivity index (χ3v) is 12.4. The van der Waals surface area contributed by atoms with Gasteiger partial charge in [-0.3, -0.25) is 19.3 Å². The number of nitrogens with one attached hydrogen (secondary N) is 2. The molecule has 346 valence electrons. The van der Waals surface area contributed by atoms with Gasteiger partial charge in [-0.2, -0.15) is 0 Å². The molecule has 3 fully saturated rings. The Balaban J connectivity index is 0.000000151. The van der Waals surface area contributed by atoms with Crippen LogP contribution in [0.1, 0.15) is 26.7 Å². The number of nitrogens with zero attached hydrogens (tertiary/aromatic N) is 11. The van der Waals surface area contributed by atoms with Crippen molar-refractivity contribution in [2.75, 3.05) is 68.1 Å². The third kappa shape index (κ3) is 10.4. The van der Waals surface area contributed by atoms with E-state index in [0.29, 0.717) is 75.4 Å². The lowest BCUT2D eigenvalue weighted by Gasteiger charge is -2.38. The second-order valence-electron chi connectivity index (χ2n) is 16.6. The van der Waals surface area contributed by atoms with E-state index in [0.717, 1.165) is 56.9 Å². The van der Waals surface area contributed by atoms with Crippen molar-refractivity contribution in [2.45, 2.75) is 44.8 Å². The van der Waals surface area contributed by atoms with Crippen LogP contribution in [0.5, 0.6) is 0 Å². The van der Waals surface area contributed by atoms with E-state index >= 15 is 0 Å². The second kappa shape index (κ2) is 20.4. The lowest BCUT2D eigenvalue weighted by atomic mass is 10.1. The smallest absolute Gasteiger partial charge is 0.264 e. The molecule has 0 bridgehead atoms. The Morgan fingerprint density at radius 3 is 1.59 bits per heavy atom. The van der Waals surface area contributed by atoms with Crippen molar-refractivity contribution in [1.82, 2.24) is 48.5 Å². The van der Waals surface area contributed by atoms with Gasteiger partial charge in [-0.05, 0) is 44.9 Å². The Hall–Kier alpha value is -5.76. The first-order chi connectivity index (χ1) is 31.7. The fraction of sp³-hybridized carbons (Fsp3) is 0.400. The first-order valence-electron chi connectivity index (χ1n) is 21.6. The topological polar surface area (TPSA) is 192 Å². The molecular weight excluding hydrogens is 909 g/mol. The molecule has 0 spiro atoms. The number of fused-ring (bicyclic) bond motifs is 3. The van der Waals surface area contributed by atoms with Crippen molar-refractivity contribution in [3.63, 3.8) is 0 Å². The molecule has 0 unspecified atom stereocenters. The minimum absolute atomic E-state index is 0.0844. The van der Waals surface area contributed by atoms with E-state index in [1.54, 1.807) is 33.5 Å². The largest absolute Gasteiger partial charge is 0.379 e. The number of rotatable bonds is 7. The summed E-state index contributed by atoms with van der Waals surface area (Å²) in [6, 6.07) is 14.5. The van der Waals surface area contributed by atoms with E-state index in [-0.39, 0.29) is 39.1 Å². The fourth-order valence-electron chi connectivity index (χ4n) is 7.94. The molecule has 9 heterocycles. The molecular formula is C45H50Cl3N13O5. The average molecular weight is 959 g/mol. The maximum absolute atomic E-state index is 12.9.